The van der Waals surface area contributed by atoms with Crippen molar-refractivity contribution < 1.29 is 27.4 Å². The summed E-state index contributed by atoms with van der Waals surface area (Å²) in [6.07, 6.45) is 2.51. The van der Waals surface area contributed by atoms with E-state index in [2.05, 4.69) is 10.1 Å². The van der Waals surface area contributed by atoms with E-state index in [0.717, 1.165) is 28.8 Å². The largest absolute Gasteiger partial charge is 0.497 e. The van der Waals surface area contributed by atoms with E-state index in [4.69, 9.17) is 19.6 Å². The fourth-order valence-corrected chi connectivity index (χ4v) is 4.63. The summed E-state index contributed by atoms with van der Waals surface area (Å²) in [4.78, 5) is 16.3. The highest BCUT2D eigenvalue weighted by molar-refractivity contribution is 8.42. The smallest absolute Gasteiger partial charge is 0.283 e. The number of benzene rings is 2. The van der Waals surface area contributed by atoms with Gasteiger partial charge in [0.15, 0.2) is 5.84 Å². The average Bonchev–Trinajstić information content (AvgIpc) is 3.26. The molecule has 1 N–H and O–H groups in total. The molecule has 2 aromatic rings. The van der Waals surface area contributed by atoms with Crippen LogP contribution in [-0.2, 0) is 14.6 Å². The molecule has 0 aromatic heterocycles. The van der Waals surface area contributed by atoms with E-state index in [0.29, 0.717) is 30.3 Å². The van der Waals surface area contributed by atoms with Crippen molar-refractivity contribution in [2.24, 2.45) is 10.1 Å². The van der Waals surface area contributed by atoms with Crippen molar-refractivity contribution in [3.8, 4) is 17.2 Å². The lowest BCUT2D eigenvalue weighted by molar-refractivity contribution is -0.114. The van der Waals surface area contributed by atoms with Crippen molar-refractivity contribution in [2.75, 3.05) is 26.6 Å². The molecule has 12 heteroatoms. The topological polar surface area (TPSA) is 131 Å². The van der Waals surface area contributed by atoms with E-state index in [-0.39, 0.29) is 21.0 Å². The highest BCUT2D eigenvalue weighted by atomic mass is 32.3. The Morgan fingerprint density at radius 3 is 2.12 bits per heavy atom. The first-order chi connectivity index (χ1) is 16.2. The molecule has 0 saturated heterocycles. The molecule has 10 nitrogen and oxygen atoms in total. The molecule has 0 bridgehead atoms. The maximum atomic E-state index is 12.4. The quantitative estimate of drug-likeness (QED) is 0.454. The number of rotatable bonds is 7. The Morgan fingerprint density at radius 2 is 1.56 bits per heavy atom. The molecular formula is C22H20N4O6S2. The van der Waals surface area contributed by atoms with Gasteiger partial charge in [-0.25, -0.2) is 8.42 Å². The second kappa shape index (κ2) is 9.69. The van der Waals surface area contributed by atoms with E-state index in [1.54, 1.807) is 31.4 Å². The summed E-state index contributed by atoms with van der Waals surface area (Å²) in [7, 11) is -1.98. The Hall–Kier alpha value is -3.64. The van der Waals surface area contributed by atoms with Crippen molar-refractivity contribution in [2.45, 2.75) is 0 Å². The van der Waals surface area contributed by atoms with Crippen LogP contribution in [0.4, 0.5) is 0 Å². The number of hydrogen-bond donors (Lipinski definition) is 1. The van der Waals surface area contributed by atoms with Crippen LogP contribution in [0.2, 0.25) is 0 Å². The Morgan fingerprint density at radius 1 is 1.00 bits per heavy atom. The first kappa shape index (κ1) is 23.5. The van der Waals surface area contributed by atoms with Gasteiger partial charge in [0.1, 0.15) is 30.5 Å². The lowest BCUT2D eigenvalue weighted by atomic mass is 10.1. The van der Waals surface area contributed by atoms with E-state index in [1.807, 2.05) is 24.3 Å². The number of hydrogen-bond acceptors (Lipinski definition) is 9. The van der Waals surface area contributed by atoms with Crippen LogP contribution >= 0.6 is 11.8 Å². The van der Waals surface area contributed by atoms with Crippen LogP contribution in [-0.4, -0.2) is 61.3 Å². The van der Waals surface area contributed by atoms with Gasteiger partial charge in [0.05, 0.1) is 12.7 Å². The van der Waals surface area contributed by atoms with E-state index >= 15 is 0 Å². The summed E-state index contributed by atoms with van der Waals surface area (Å²) < 4.78 is 39.7. The molecule has 0 spiro atoms. The molecule has 4 rings (SSSR count). The Balaban J connectivity index is 1.36. The van der Waals surface area contributed by atoms with Gasteiger partial charge in [-0.2, -0.15) is 10.0 Å². The van der Waals surface area contributed by atoms with Crippen molar-refractivity contribution in [1.29, 1.82) is 5.41 Å². The third kappa shape index (κ3) is 5.29. The normalized spacial score (nSPS) is 16.8. The zero-order chi connectivity index (χ0) is 24.3. The van der Waals surface area contributed by atoms with Crippen LogP contribution in [0.1, 0.15) is 5.56 Å². The number of aliphatic imine (C=N–C) groups is 1. The molecule has 2 aliphatic rings. The van der Waals surface area contributed by atoms with Crippen molar-refractivity contribution in [3.05, 3.63) is 59.7 Å². The Kier molecular flexibility index (Phi) is 6.70. The molecule has 2 heterocycles. The third-order valence-electron chi connectivity index (χ3n) is 4.62. The number of nitrogens with one attached hydrogen (secondary N) is 1. The van der Waals surface area contributed by atoms with Crippen LogP contribution in [0.5, 0.6) is 17.2 Å². The summed E-state index contributed by atoms with van der Waals surface area (Å²) in [6, 6.07) is 14.2. The van der Waals surface area contributed by atoms with E-state index in [9.17, 15) is 13.2 Å². The molecule has 0 saturated carbocycles. The summed E-state index contributed by atoms with van der Waals surface area (Å²) in [5, 5.41) is 13.3. The number of thioether (sulfide) groups is 1. The molecule has 0 aliphatic carbocycles. The first-order valence-electron chi connectivity index (χ1n) is 9.94. The number of carbonyl (C=O) groups is 1. The van der Waals surface area contributed by atoms with Crippen molar-refractivity contribution in [3.63, 3.8) is 0 Å². The molecule has 0 unspecified atom stereocenters. The monoisotopic (exact) mass is 500 g/mol. The van der Waals surface area contributed by atoms with Gasteiger partial charge in [0.2, 0.25) is 19.4 Å². The summed E-state index contributed by atoms with van der Waals surface area (Å²) in [5.74, 6) is 1.20. The average molecular weight is 501 g/mol. The van der Waals surface area contributed by atoms with Gasteiger partial charge in [-0.05, 0) is 59.8 Å². The van der Waals surface area contributed by atoms with Gasteiger partial charge in [-0.3, -0.25) is 10.2 Å². The summed E-state index contributed by atoms with van der Waals surface area (Å²) in [5.41, 5.74) is 0.650. The maximum Gasteiger partial charge on any atom is 0.283 e. The van der Waals surface area contributed by atoms with Gasteiger partial charge < -0.3 is 14.2 Å². The second-order valence-electron chi connectivity index (χ2n) is 7.10. The van der Waals surface area contributed by atoms with Crippen LogP contribution in [0.25, 0.3) is 6.08 Å². The predicted octanol–water partition coefficient (Wildman–Crippen LogP) is 2.77. The maximum absolute atomic E-state index is 12.4. The van der Waals surface area contributed by atoms with Crippen LogP contribution in [0.15, 0.2) is 64.2 Å². The minimum Gasteiger partial charge on any atom is -0.497 e. The molecule has 176 valence electrons. The number of amidine groups is 2. The second-order valence-corrected chi connectivity index (χ2v) is 10.2. The molecule has 0 atom stereocenters. The number of methoxy groups -OCH3 is 1. The number of sulfone groups is 1. The molecule has 0 fully saturated rings. The number of hydrazone groups is 1. The number of ether oxygens (including phenoxy) is 3. The molecule has 2 aromatic carbocycles. The minimum atomic E-state index is -3.58. The fourth-order valence-electron chi connectivity index (χ4n) is 2.94. The molecular weight excluding hydrogens is 480 g/mol. The lowest BCUT2D eigenvalue weighted by Gasteiger charge is -2.20. The molecule has 34 heavy (non-hydrogen) atoms. The zero-order valence-corrected chi connectivity index (χ0v) is 19.9. The summed E-state index contributed by atoms with van der Waals surface area (Å²) in [6.45, 7) is 0.689. The molecule has 1 amide bonds. The van der Waals surface area contributed by atoms with E-state index in [1.165, 1.54) is 6.08 Å². The predicted molar refractivity (Wildman–Crippen MR) is 130 cm³/mol. The zero-order valence-electron chi connectivity index (χ0n) is 18.2. The Bertz CT molecular complexity index is 1320. The SMILES string of the molecule is COc1ccc(OCCOc2ccc(/C=C3\C(=N)N4N=C(S(C)(=O)=O)SC4=NC3=O)cc2)cc1. The molecule has 2 aliphatic heterocycles. The summed E-state index contributed by atoms with van der Waals surface area (Å²) >= 11 is 0.746. The number of fused-ring (bicyclic) bond motifs is 1. The standard InChI is InChI=1S/C22H20N4O6S2/c1-30-15-7-9-17(10-8-15)32-12-11-31-16-5-3-14(4-6-16)13-18-19(23)26-21(24-20(18)27)33-22(25-26)34(2,28)29/h3-10,13,23H,11-12H2,1-2H3/b18-13+,23-19?. The first-order valence-corrected chi connectivity index (χ1v) is 12.7. The van der Waals surface area contributed by atoms with Gasteiger partial charge in [-0.15, -0.1) is 5.10 Å². The fraction of sp³-hybridized carbons (Fsp3) is 0.182. The van der Waals surface area contributed by atoms with Gasteiger partial charge in [-0.1, -0.05) is 12.1 Å². The molecule has 0 radical (unpaired) electrons. The lowest BCUT2D eigenvalue weighted by Crippen LogP contribution is -2.35. The van der Waals surface area contributed by atoms with Gasteiger partial charge in [0, 0.05) is 6.26 Å². The van der Waals surface area contributed by atoms with Crippen molar-refractivity contribution >= 4 is 49.0 Å². The minimum absolute atomic E-state index is 0.00408. The van der Waals surface area contributed by atoms with Crippen molar-refractivity contribution in [1.82, 2.24) is 5.01 Å². The number of amides is 1. The van der Waals surface area contributed by atoms with Gasteiger partial charge in [0.25, 0.3) is 5.91 Å². The highest BCUT2D eigenvalue weighted by Crippen LogP contribution is 2.30. The third-order valence-corrected chi connectivity index (χ3v) is 7.20. The van der Waals surface area contributed by atoms with Crippen LogP contribution < -0.4 is 14.2 Å². The van der Waals surface area contributed by atoms with Crippen LogP contribution in [0, 0.1) is 5.41 Å². The Labute approximate surface area is 200 Å². The highest BCUT2D eigenvalue weighted by Gasteiger charge is 2.38. The van der Waals surface area contributed by atoms with Gasteiger partial charge >= 0.3 is 0 Å². The number of nitrogens with zero attached hydrogens (tertiary/aromatic N) is 3. The van der Waals surface area contributed by atoms with Crippen LogP contribution in [0.3, 0.4) is 0 Å². The number of carbonyl (C=O) groups excluding carboxylic acids is 1. The van der Waals surface area contributed by atoms with E-state index < -0.39 is 15.7 Å².